The number of rotatable bonds is 5. The molecular formula is C23H29FN4O2. The van der Waals surface area contributed by atoms with Gasteiger partial charge in [0.05, 0.1) is 17.8 Å². The van der Waals surface area contributed by atoms with Crippen LogP contribution in [0.15, 0.2) is 29.1 Å². The zero-order valence-corrected chi connectivity index (χ0v) is 17.5. The number of piperidine rings is 1. The molecule has 1 amide bonds. The Morgan fingerprint density at radius 1 is 1.33 bits per heavy atom. The largest absolute Gasteiger partial charge is 0.338 e. The molecule has 2 aliphatic heterocycles. The van der Waals surface area contributed by atoms with Crippen LogP contribution in [0.5, 0.6) is 0 Å². The van der Waals surface area contributed by atoms with Crippen LogP contribution in [0.1, 0.15) is 61.2 Å². The highest BCUT2D eigenvalue weighted by atomic mass is 19.1. The monoisotopic (exact) mass is 412 g/mol. The number of amides is 1. The highest BCUT2D eigenvalue weighted by Crippen LogP contribution is 2.26. The van der Waals surface area contributed by atoms with Crippen LogP contribution in [0.25, 0.3) is 0 Å². The van der Waals surface area contributed by atoms with Crippen molar-refractivity contribution in [2.24, 2.45) is 0 Å². The topological polar surface area (TPSA) is 69.3 Å². The molecule has 0 bridgehead atoms. The Morgan fingerprint density at radius 3 is 3.00 bits per heavy atom. The minimum absolute atomic E-state index is 0.104. The molecule has 0 spiro atoms. The molecule has 2 aromatic rings. The van der Waals surface area contributed by atoms with E-state index in [1.54, 1.807) is 17.0 Å². The molecule has 6 nitrogen and oxygen atoms in total. The van der Waals surface area contributed by atoms with Gasteiger partial charge in [-0.05, 0) is 43.5 Å². The number of nitrogens with zero attached hydrogens (tertiary/aromatic N) is 3. The van der Waals surface area contributed by atoms with E-state index < -0.39 is 0 Å². The summed E-state index contributed by atoms with van der Waals surface area (Å²) in [6.45, 7) is 5.40. The van der Waals surface area contributed by atoms with Crippen LogP contribution in [0.2, 0.25) is 0 Å². The fraction of sp³-hybridized carbons (Fsp3) is 0.522. The fourth-order valence-corrected chi connectivity index (χ4v) is 4.54. The second-order valence-corrected chi connectivity index (χ2v) is 8.40. The summed E-state index contributed by atoms with van der Waals surface area (Å²) in [4.78, 5) is 36.9. The Hall–Kier alpha value is -2.54. The third kappa shape index (κ3) is 4.61. The van der Waals surface area contributed by atoms with Crippen molar-refractivity contribution in [2.75, 3.05) is 19.6 Å². The second-order valence-electron chi connectivity index (χ2n) is 8.40. The lowest BCUT2D eigenvalue weighted by molar-refractivity contribution is -0.132. The number of halogens is 1. The molecule has 0 aliphatic carbocycles. The molecule has 30 heavy (non-hydrogen) atoms. The summed E-state index contributed by atoms with van der Waals surface area (Å²) >= 11 is 0. The summed E-state index contributed by atoms with van der Waals surface area (Å²) in [6.07, 6.45) is 3.94. The number of carbonyl (C=O) groups is 1. The van der Waals surface area contributed by atoms with Crippen LogP contribution in [0.3, 0.4) is 0 Å². The standard InChI is InChI=1S/C23H29FN4O2/c1-2-5-21(29)28-11-9-20-19(15-28)23(30)26-22(25-20)17-7-4-10-27(14-17)13-16-6-3-8-18(24)12-16/h3,6,8,12,17H,2,4-5,7,9-11,13-15H2,1H3,(H,25,26,30). The van der Waals surface area contributed by atoms with E-state index >= 15 is 0 Å². The van der Waals surface area contributed by atoms with E-state index in [0.717, 1.165) is 49.4 Å². The van der Waals surface area contributed by atoms with Crippen molar-refractivity contribution in [3.63, 3.8) is 0 Å². The van der Waals surface area contributed by atoms with E-state index in [2.05, 4.69) is 9.88 Å². The van der Waals surface area contributed by atoms with Crippen molar-refractivity contribution in [3.05, 3.63) is 63.1 Å². The van der Waals surface area contributed by atoms with Crippen LogP contribution >= 0.6 is 0 Å². The van der Waals surface area contributed by atoms with Crippen molar-refractivity contribution in [3.8, 4) is 0 Å². The lowest BCUT2D eigenvalue weighted by Crippen LogP contribution is -2.40. The summed E-state index contributed by atoms with van der Waals surface area (Å²) in [6, 6.07) is 6.72. The summed E-state index contributed by atoms with van der Waals surface area (Å²) in [5, 5.41) is 0. The van der Waals surface area contributed by atoms with Gasteiger partial charge in [-0.3, -0.25) is 14.5 Å². The molecule has 160 valence electrons. The Bertz CT molecular complexity index is 974. The molecule has 1 fully saturated rings. The van der Waals surface area contributed by atoms with Crippen molar-refractivity contribution in [1.29, 1.82) is 0 Å². The van der Waals surface area contributed by atoms with Gasteiger partial charge in [-0.2, -0.15) is 0 Å². The molecule has 1 atom stereocenters. The first kappa shape index (κ1) is 20.7. The molecule has 2 aliphatic rings. The lowest BCUT2D eigenvalue weighted by Gasteiger charge is -2.33. The average Bonchev–Trinajstić information content (AvgIpc) is 2.74. The van der Waals surface area contributed by atoms with Gasteiger partial charge in [-0.1, -0.05) is 19.1 Å². The summed E-state index contributed by atoms with van der Waals surface area (Å²) in [7, 11) is 0. The van der Waals surface area contributed by atoms with Crippen LogP contribution in [-0.2, 0) is 24.3 Å². The van der Waals surface area contributed by atoms with Crippen LogP contribution in [-0.4, -0.2) is 45.3 Å². The molecule has 1 aromatic carbocycles. The minimum Gasteiger partial charge on any atom is -0.338 e. The van der Waals surface area contributed by atoms with Crippen molar-refractivity contribution in [2.45, 2.75) is 58.0 Å². The molecule has 3 heterocycles. The van der Waals surface area contributed by atoms with Crippen LogP contribution in [0.4, 0.5) is 4.39 Å². The van der Waals surface area contributed by atoms with Crippen molar-refractivity contribution < 1.29 is 9.18 Å². The number of carbonyl (C=O) groups excluding carboxylic acids is 1. The van der Waals surface area contributed by atoms with Gasteiger partial charge in [-0.15, -0.1) is 0 Å². The van der Waals surface area contributed by atoms with Gasteiger partial charge >= 0.3 is 0 Å². The highest BCUT2D eigenvalue weighted by molar-refractivity contribution is 5.76. The normalized spacial score (nSPS) is 19.5. The molecule has 0 radical (unpaired) electrons. The van der Waals surface area contributed by atoms with E-state index in [1.807, 2.05) is 13.0 Å². The molecule has 0 saturated carbocycles. The minimum atomic E-state index is -0.215. The van der Waals surface area contributed by atoms with E-state index in [-0.39, 0.29) is 23.2 Å². The first-order valence-electron chi connectivity index (χ1n) is 10.9. The third-order valence-electron chi connectivity index (χ3n) is 6.09. The number of aromatic amines is 1. The Balaban J connectivity index is 1.47. The third-order valence-corrected chi connectivity index (χ3v) is 6.09. The first-order valence-corrected chi connectivity index (χ1v) is 10.9. The van der Waals surface area contributed by atoms with Crippen molar-refractivity contribution in [1.82, 2.24) is 19.8 Å². The number of hydrogen-bond donors (Lipinski definition) is 1. The highest BCUT2D eigenvalue weighted by Gasteiger charge is 2.28. The average molecular weight is 413 g/mol. The van der Waals surface area contributed by atoms with Crippen LogP contribution in [0, 0.1) is 5.82 Å². The maximum atomic E-state index is 13.5. The number of fused-ring (bicyclic) bond motifs is 1. The van der Waals surface area contributed by atoms with Crippen LogP contribution < -0.4 is 5.56 Å². The van der Waals surface area contributed by atoms with E-state index in [0.29, 0.717) is 38.0 Å². The summed E-state index contributed by atoms with van der Waals surface area (Å²) in [5.74, 6) is 0.793. The molecular weight excluding hydrogens is 383 g/mol. The van der Waals surface area contributed by atoms with Gasteiger partial charge in [0.2, 0.25) is 5.91 Å². The number of H-pyrrole nitrogens is 1. The van der Waals surface area contributed by atoms with Crippen molar-refractivity contribution >= 4 is 5.91 Å². The summed E-state index contributed by atoms with van der Waals surface area (Å²) < 4.78 is 13.5. The number of likely N-dealkylation sites (tertiary alicyclic amines) is 1. The Morgan fingerprint density at radius 2 is 2.20 bits per heavy atom. The molecule has 7 heteroatoms. The van der Waals surface area contributed by atoms with E-state index in [4.69, 9.17) is 4.98 Å². The van der Waals surface area contributed by atoms with E-state index in [9.17, 15) is 14.0 Å². The molecule has 4 rings (SSSR count). The Labute approximate surface area is 176 Å². The maximum Gasteiger partial charge on any atom is 0.256 e. The predicted molar refractivity (Wildman–Crippen MR) is 113 cm³/mol. The zero-order chi connectivity index (χ0) is 21.1. The Kier molecular flexibility index (Phi) is 6.27. The molecule has 1 aromatic heterocycles. The smallest absolute Gasteiger partial charge is 0.256 e. The van der Waals surface area contributed by atoms with E-state index in [1.165, 1.54) is 6.07 Å². The van der Waals surface area contributed by atoms with Gasteiger partial charge in [0, 0.05) is 38.4 Å². The number of aromatic nitrogens is 2. The van der Waals surface area contributed by atoms with Gasteiger partial charge in [0.25, 0.3) is 5.56 Å². The second kappa shape index (κ2) is 9.08. The van der Waals surface area contributed by atoms with Gasteiger partial charge < -0.3 is 9.88 Å². The zero-order valence-electron chi connectivity index (χ0n) is 17.5. The maximum absolute atomic E-state index is 13.5. The number of benzene rings is 1. The van der Waals surface area contributed by atoms with Gasteiger partial charge in [0.15, 0.2) is 0 Å². The SMILES string of the molecule is CCCC(=O)N1CCc2nc(C3CCCN(Cc4cccc(F)c4)C3)[nH]c(=O)c2C1. The van der Waals surface area contributed by atoms with Gasteiger partial charge in [0.1, 0.15) is 11.6 Å². The first-order chi connectivity index (χ1) is 14.5. The van der Waals surface area contributed by atoms with Gasteiger partial charge in [-0.25, -0.2) is 9.37 Å². The summed E-state index contributed by atoms with van der Waals surface area (Å²) in [5.41, 5.74) is 2.30. The quantitative estimate of drug-likeness (QED) is 0.820. The number of hydrogen-bond acceptors (Lipinski definition) is 4. The molecule has 1 N–H and O–H groups in total. The molecule has 1 unspecified atom stereocenters. The predicted octanol–water partition coefficient (Wildman–Crippen LogP) is 2.97. The molecule has 1 saturated heterocycles. The number of nitrogens with one attached hydrogen (secondary N) is 1. The lowest BCUT2D eigenvalue weighted by atomic mass is 9.96. The fourth-order valence-electron chi connectivity index (χ4n) is 4.54.